The molecular weight excluding hydrogens is 434 g/mol. The second-order valence-electron chi connectivity index (χ2n) is 8.40. The van der Waals surface area contributed by atoms with E-state index < -0.39 is 29.5 Å². The molecule has 1 heterocycles. The van der Waals surface area contributed by atoms with Gasteiger partial charge in [-0.15, -0.1) is 0 Å². The second-order valence-corrected chi connectivity index (χ2v) is 8.40. The van der Waals surface area contributed by atoms with Gasteiger partial charge in [0.25, 0.3) is 0 Å². The van der Waals surface area contributed by atoms with Crippen LogP contribution in [-0.4, -0.2) is 48.7 Å². The Bertz CT molecular complexity index is 948. The molecule has 0 aromatic heterocycles. The molecule has 34 heavy (non-hydrogen) atoms. The van der Waals surface area contributed by atoms with Gasteiger partial charge in [-0.05, 0) is 44.2 Å². The number of nitrogens with zero attached hydrogens (tertiary/aromatic N) is 1. The lowest BCUT2D eigenvalue weighted by atomic mass is 9.68. The van der Waals surface area contributed by atoms with E-state index in [1.54, 1.807) is 18.7 Å². The normalized spacial score (nSPS) is 19.8. The first kappa shape index (κ1) is 25.3. The lowest BCUT2D eigenvalue weighted by Gasteiger charge is -2.47. The maximum Gasteiger partial charge on any atom is 0.410 e. The quantitative estimate of drug-likeness (QED) is 0.398. The van der Waals surface area contributed by atoms with Crippen molar-refractivity contribution in [1.82, 2.24) is 4.90 Å². The van der Waals surface area contributed by atoms with E-state index >= 15 is 0 Å². The van der Waals surface area contributed by atoms with Crippen molar-refractivity contribution in [2.45, 2.75) is 52.2 Å². The highest BCUT2D eigenvalue weighted by Crippen LogP contribution is 2.43. The fourth-order valence-electron chi connectivity index (χ4n) is 4.61. The number of ether oxygens (including phenoxy) is 3. The minimum absolute atomic E-state index is 0.124. The van der Waals surface area contributed by atoms with Crippen LogP contribution in [0.3, 0.4) is 0 Å². The summed E-state index contributed by atoms with van der Waals surface area (Å²) in [5.41, 5.74) is 0.603. The number of carbonyl (C=O) groups excluding carboxylic acids is 3. The minimum Gasteiger partial charge on any atom is -0.466 e. The smallest absolute Gasteiger partial charge is 0.410 e. The Hall–Kier alpha value is -3.35. The van der Waals surface area contributed by atoms with Crippen LogP contribution in [0.2, 0.25) is 0 Å². The van der Waals surface area contributed by atoms with Crippen LogP contribution >= 0.6 is 0 Å². The van der Waals surface area contributed by atoms with Crippen LogP contribution in [0.4, 0.5) is 4.79 Å². The van der Waals surface area contributed by atoms with Gasteiger partial charge in [0, 0.05) is 6.54 Å². The monoisotopic (exact) mass is 467 g/mol. The van der Waals surface area contributed by atoms with Crippen molar-refractivity contribution in [2.75, 3.05) is 19.8 Å². The molecular formula is C27H33NO6. The molecule has 0 bridgehead atoms. The van der Waals surface area contributed by atoms with Crippen molar-refractivity contribution >= 4 is 18.0 Å². The Morgan fingerprint density at radius 1 is 0.882 bits per heavy atom. The molecule has 7 heteroatoms. The standard InChI is InChI=1S/C27H33NO6/c1-3-32-24(29)19-27(25(30)33-4-2)16-11-17-28(23(27)18-21-12-7-5-8-13-21)26(31)34-20-22-14-9-6-10-15-22/h5-10,12-15,23H,3-4,11,16-20H2,1-2H3. The number of piperidine rings is 1. The largest absolute Gasteiger partial charge is 0.466 e. The lowest BCUT2D eigenvalue weighted by molar-refractivity contribution is -0.170. The SMILES string of the molecule is CCOC(=O)CC1(C(=O)OCC)CCCN(C(=O)OCc2ccccc2)C1Cc1ccccc1. The first-order valence-electron chi connectivity index (χ1n) is 11.8. The summed E-state index contributed by atoms with van der Waals surface area (Å²) < 4.78 is 16.3. The summed E-state index contributed by atoms with van der Waals surface area (Å²) in [5.74, 6) is -0.960. The number of likely N-dealkylation sites (tertiary alicyclic amines) is 1. The summed E-state index contributed by atoms with van der Waals surface area (Å²) in [4.78, 5) is 40.9. The number of hydrogen-bond donors (Lipinski definition) is 0. The molecule has 3 rings (SSSR count). The van der Waals surface area contributed by atoms with Crippen LogP contribution in [0.25, 0.3) is 0 Å². The van der Waals surface area contributed by atoms with Crippen LogP contribution in [0.15, 0.2) is 60.7 Å². The minimum atomic E-state index is -1.22. The highest BCUT2D eigenvalue weighted by molar-refractivity contribution is 5.85. The Morgan fingerprint density at radius 3 is 2.12 bits per heavy atom. The first-order valence-corrected chi connectivity index (χ1v) is 11.8. The van der Waals surface area contributed by atoms with Crippen molar-refractivity contribution < 1.29 is 28.6 Å². The van der Waals surface area contributed by atoms with E-state index in [9.17, 15) is 14.4 Å². The van der Waals surface area contributed by atoms with E-state index in [4.69, 9.17) is 14.2 Å². The summed E-state index contributed by atoms with van der Waals surface area (Å²) in [7, 11) is 0. The topological polar surface area (TPSA) is 82.1 Å². The molecule has 1 fully saturated rings. The van der Waals surface area contributed by atoms with Crippen molar-refractivity contribution in [3.8, 4) is 0 Å². The molecule has 1 amide bonds. The molecule has 2 unspecified atom stereocenters. The van der Waals surface area contributed by atoms with Crippen molar-refractivity contribution in [1.29, 1.82) is 0 Å². The Morgan fingerprint density at radius 2 is 1.50 bits per heavy atom. The van der Waals surface area contributed by atoms with Crippen molar-refractivity contribution in [3.63, 3.8) is 0 Å². The Labute approximate surface area is 201 Å². The van der Waals surface area contributed by atoms with Gasteiger partial charge < -0.3 is 19.1 Å². The zero-order valence-corrected chi connectivity index (χ0v) is 19.9. The van der Waals surface area contributed by atoms with Crippen molar-refractivity contribution in [3.05, 3.63) is 71.8 Å². The van der Waals surface area contributed by atoms with E-state index in [1.165, 1.54) is 0 Å². The second kappa shape index (κ2) is 12.2. The van der Waals surface area contributed by atoms with E-state index in [2.05, 4.69) is 0 Å². The number of carbonyl (C=O) groups is 3. The van der Waals surface area contributed by atoms with E-state index in [1.807, 2.05) is 60.7 Å². The molecule has 0 radical (unpaired) electrons. The van der Waals surface area contributed by atoms with Gasteiger partial charge in [-0.3, -0.25) is 9.59 Å². The van der Waals surface area contributed by atoms with Gasteiger partial charge >= 0.3 is 18.0 Å². The molecule has 0 spiro atoms. The number of esters is 2. The van der Waals surface area contributed by atoms with E-state index in [0.717, 1.165) is 11.1 Å². The van der Waals surface area contributed by atoms with Crippen LogP contribution in [0.1, 0.15) is 44.2 Å². The predicted molar refractivity (Wildman–Crippen MR) is 127 cm³/mol. The van der Waals surface area contributed by atoms with Gasteiger partial charge in [0.2, 0.25) is 0 Å². The van der Waals surface area contributed by atoms with Gasteiger partial charge in [-0.1, -0.05) is 60.7 Å². The molecule has 0 N–H and O–H groups in total. The zero-order chi connectivity index (χ0) is 24.4. The molecule has 2 aromatic carbocycles. The molecule has 1 aliphatic rings. The lowest BCUT2D eigenvalue weighted by Crippen LogP contribution is -2.60. The third-order valence-corrected chi connectivity index (χ3v) is 6.19. The van der Waals surface area contributed by atoms with Gasteiger partial charge in [0.1, 0.15) is 6.61 Å². The summed E-state index contributed by atoms with van der Waals surface area (Å²) >= 11 is 0. The Kier molecular flexibility index (Phi) is 9.08. The fourth-order valence-corrected chi connectivity index (χ4v) is 4.61. The highest BCUT2D eigenvalue weighted by Gasteiger charge is 2.54. The van der Waals surface area contributed by atoms with Crippen LogP contribution in [0, 0.1) is 5.41 Å². The highest BCUT2D eigenvalue weighted by atomic mass is 16.6. The van der Waals surface area contributed by atoms with Gasteiger partial charge in [0.15, 0.2) is 0 Å². The molecule has 2 atom stereocenters. The van der Waals surface area contributed by atoms with Gasteiger partial charge in [0.05, 0.1) is 31.1 Å². The van der Waals surface area contributed by atoms with Gasteiger partial charge in [-0.25, -0.2) is 4.79 Å². The van der Waals surface area contributed by atoms with Crippen LogP contribution in [-0.2, 0) is 36.8 Å². The summed E-state index contributed by atoms with van der Waals surface area (Å²) in [6, 6.07) is 18.4. The maximum atomic E-state index is 13.4. The molecule has 7 nitrogen and oxygen atoms in total. The average Bonchev–Trinajstić information content (AvgIpc) is 2.85. The predicted octanol–water partition coefficient (Wildman–Crippen LogP) is 4.53. The number of amides is 1. The molecule has 1 saturated heterocycles. The molecule has 0 saturated carbocycles. The first-order chi connectivity index (χ1) is 16.5. The molecule has 182 valence electrons. The number of rotatable bonds is 9. The zero-order valence-electron chi connectivity index (χ0n) is 19.9. The van der Waals surface area contributed by atoms with Crippen molar-refractivity contribution in [2.24, 2.45) is 5.41 Å². The summed E-state index contributed by atoms with van der Waals surface area (Å²) in [5, 5.41) is 0. The maximum absolute atomic E-state index is 13.4. The third-order valence-electron chi connectivity index (χ3n) is 6.19. The molecule has 1 aliphatic heterocycles. The summed E-state index contributed by atoms with van der Waals surface area (Å²) in [6.45, 7) is 4.40. The number of benzene rings is 2. The van der Waals surface area contributed by atoms with Crippen LogP contribution in [0.5, 0.6) is 0 Å². The fraction of sp³-hybridized carbons (Fsp3) is 0.444. The number of hydrogen-bond acceptors (Lipinski definition) is 6. The third kappa shape index (κ3) is 6.16. The molecule has 2 aromatic rings. The molecule has 0 aliphatic carbocycles. The Balaban J connectivity index is 1.94. The average molecular weight is 468 g/mol. The van der Waals surface area contributed by atoms with E-state index in [-0.39, 0.29) is 26.2 Å². The summed E-state index contributed by atoms with van der Waals surface area (Å²) in [6.07, 6.45) is 0.690. The van der Waals surface area contributed by atoms with E-state index in [0.29, 0.717) is 25.8 Å². The van der Waals surface area contributed by atoms with Gasteiger partial charge in [-0.2, -0.15) is 0 Å². The van der Waals surface area contributed by atoms with Crippen LogP contribution < -0.4 is 0 Å².